The van der Waals surface area contributed by atoms with Gasteiger partial charge in [0.1, 0.15) is 5.75 Å². The number of nitrogens with one attached hydrogen (secondary N) is 1. The lowest BCUT2D eigenvalue weighted by Crippen LogP contribution is -2.15. The highest BCUT2D eigenvalue weighted by Gasteiger charge is 2.26. The summed E-state index contributed by atoms with van der Waals surface area (Å²) < 4.78 is 0. The molecule has 3 aromatic rings. The maximum absolute atomic E-state index is 13.2. The zero-order chi connectivity index (χ0) is 30.5. The van der Waals surface area contributed by atoms with Gasteiger partial charge in [-0.05, 0) is 135 Å². The van der Waals surface area contributed by atoms with Gasteiger partial charge in [-0.1, -0.05) is 63.8 Å². The summed E-state index contributed by atoms with van der Waals surface area (Å²) in [6.07, 6.45) is 19.0. The molecule has 4 heteroatoms. The number of carbonyl (C=O) groups excluding carboxylic acids is 1. The average Bonchev–Trinajstić information content (AvgIpc) is 3.05. The van der Waals surface area contributed by atoms with Crippen molar-refractivity contribution in [2.24, 2.45) is 16.8 Å². The summed E-state index contributed by atoms with van der Waals surface area (Å²) in [7, 11) is 0. The Hall–Kier alpha value is -3.66. The van der Waals surface area contributed by atoms with Gasteiger partial charge in [-0.2, -0.15) is 0 Å². The first-order valence-electron chi connectivity index (χ1n) is 17.2. The number of allylic oxidation sites excluding steroid dienone is 2. The smallest absolute Gasteiger partial charge is 0.188 e. The third-order valence-electron chi connectivity index (χ3n) is 10.4. The van der Waals surface area contributed by atoms with Gasteiger partial charge < -0.3 is 10.4 Å². The molecule has 3 aromatic carbocycles. The van der Waals surface area contributed by atoms with Crippen molar-refractivity contribution < 1.29 is 9.90 Å². The van der Waals surface area contributed by atoms with Crippen molar-refractivity contribution >= 4 is 28.6 Å². The van der Waals surface area contributed by atoms with E-state index in [1.807, 2.05) is 0 Å². The van der Waals surface area contributed by atoms with Crippen LogP contribution in [0.2, 0.25) is 0 Å². The lowest BCUT2D eigenvalue weighted by atomic mass is 9.77. The van der Waals surface area contributed by atoms with Crippen molar-refractivity contribution in [3.8, 4) is 5.75 Å². The second-order valence-electron chi connectivity index (χ2n) is 13.4. The van der Waals surface area contributed by atoms with Crippen LogP contribution in [-0.4, -0.2) is 16.6 Å². The summed E-state index contributed by atoms with van der Waals surface area (Å²) in [5.41, 5.74) is 6.78. The maximum Gasteiger partial charge on any atom is 0.188 e. The van der Waals surface area contributed by atoms with E-state index in [0.29, 0.717) is 34.4 Å². The van der Waals surface area contributed by atoms with Gasteiger partial charge in [-0.25, -0.2) is 4.99 Å². The van der Waals surface area contributed by atoms with Crippen molar-refractivity contribution in [1.29, 1.82) is 0 Å². The molecule has 0 spiro atoms. The van der Waals surface area contributed by atoms with Crippen molar-refractivity contribution in [3.05, 3.63) is 95.1 Å². The maximum atomic E-state index is 13.2. The molecule has 0 unspecified atom stereocenters. The highest BCUT2D eigenvalue weighted by Crippen LogP contribution is 2.40. The van der Waals surface area contributed by atoms with Gasteiger partial charge in [0.05, 0.1) is 28.2 Å². The van der Waals surface area contributed by atoms with E-state index >= 15 is 0 Å². The molecular weight excluding hydrogens is 540 g/mol. The van der Waals surface area contributed by atoms with Crippen LogP contribution in [0.5, 0.6) is 5.75 Å². The third kappa shape index (κ3) is 6.85. The molecule has 0 amide bonds. The van der Waals surface area contributed by atoms with Crippen LogP contribution in [0.25, 0.3) is 0 Å². The number of nitrogens with zero attached hydrogens (tertiary/aromatic N) is 1. The van der Waals surface area contributed by atoms with Crippen LogP contribution in [0.1, 0.15) is 130 Å². The van der Waals surface area contributed by atoms with Gasteiger partial charge >= 0.3 is 0 Å². The molecule has 0 saturated heterocycles. The van der Waals surface area contributed by atoms with Crippen molar-refractivity contribution in [3.63, 3.8) is 0 Å². The van der Waals surface area contributed by atoms with Gasteiger partial charge in [0.2, 0.25) is 0 Å². The van der Waals surface area contributed by atoms with E-state index in [1.54, 1.807) is 24.3 Å². The Balaban J connectivity index is 1.17. The fourth-order valence-electron chi connectivity index (χ4n) is 7.97. The Morgan fingerprint density at radius 3 is 1.77 bits per heavy atom. The molecule has 2 N–H and O–H groups in total. The summed E-state index contributed by atoms with van der Waals surface area (Å²) >= 11 is 0. The molecule has 3 aliphatic rings. The highest BCUT2D eigenvalue weighted by molar-refractivity contribution is 6.27. The van der Waals surface area contributed by atoms with Gasteiger partial charge in [0.25, 0.3) is 0 Å². The van der Waals surface area contributed by atoms with Crippen LogP contribution in [0.3, 0.4) is 0 Å². The van der Waals surface area contributed by atoms with E-state index in [4.69, 9.17) is 4.99 Å². The topological polar surface area (TPSA) is 61.7 Å². The average molecular weight is 589 g/mol. The first kappa shape index (κ1) is 30.4. The number of hydrogen-bond acceptors (Lipinski definition) is 4. The fourth-order valence-corrected chi connectivity index (χ4v) is 7.97. The number of phenolic OH excluding ortho intramolecular Hbond substituents is 1. The number of benzene rings is 3. The standard InChI is InChI=1S/C40H48N2O2/c1-3-5-27-7-11-29(12-8-27)31-15-19-33(20-16-31)41-35-23-25-38(44)40-36(24-26-37(43)39(35)40)42-34-21-17-32(18-22-34)30-13-9-28(6-4-2)10-14-30/h15-30,41,44H,3-14H2,1-2H3. The summed E-state index contributed by atoms with van der Waals surface area (Å²) in [5.74, 6) is 3.00. The Labute approximate surface area is 263 Å². The second-order valence-corrected chi connectivity index (χ2v) is 13.4. The normalized spacial score (nSPS) is 24.3. The number of aromatic hydroxyl groups is 1. The van der Waals surface area contributed by atoms with Crippen LogP contribution in [0.4, 0.5) is 17.1 Å². The lowest BCUT2D eigenvalue weighted by Gasteiger charge is -2.28. The van der Waals surface area contributed by atoms with Crippen molar-refractivity contribution in [2.45, 2.75) is 103 Å². The number of rotatable bonds is 9. The summed E-state index contributed by atoms with van der Waals surface area (Å²) in [5, 5.41) is 14.4. The molecule has 2 fully saturated rings. The molecule has 6 rings (SSSR count). The Morgan fingerprint density at radius 1 is 0.682 bits per heavy atom. The molecule has 0 aliphatic heterocycles. The molecule has 230 valence electrons. The highest BCUT2D eigenvalue weighted by atomic mass is 16.3. The van der Waals surface area contributed by atoms with Gasteiger partial charge in [0.15, 0.2) is 5.78 Å². The first-order chi connectivity index (χ1) is 21.5. The predicted octanol–water partition coefficient (Wildman–Crippen LogP) is 11.2. The van der Waals surface area contributed by atoms with E-state index in [0.717, 1.165) is 23.2 Å². The molecule has 3 aliphatic carbocycles. The zero-order valence-corrected chi connectivity index (χ0v) is 26.5. The van der Waals surface area contributed by atoms with Crippen LogP contribution >= 0.6 is 0 Å². The number of aliphatic imine (C=N–C) groups is 1. The van der Waals surface area contributed by atoms with E-state index in [9.17, 15) is 9.90 Å². The van der Waals surface area contributed by atoms with Crippen LogP contribution in [0, 0.1) is 11.8 Å². The number of fused-ring (bicyclic) bond motifs is 1. The molecule has 2 saturated carbocycles. The van der Waals surface area contributed by atoms with Crippen LogP contribution in [0.15, 0.2) is 77.8 Å². The Morgan fingerprint density at radius 2 is 1.23 bits per heavy atom. The van der Waals surface area contributed by atoms with Crippen molar-refractivity contribution in [2.75, 3.05) is 5.32 Å². The van der Waals surface area contributed by atoms with E-state index in [-0.39, 0.29) is 11.5 Å². The van der Waals surface area contributed by atoms with Gasteiger partial charge in [-0.15, -0.1) is 0 Å². The van der Waals surface area contributed by atoms with Gasteiger partial charge in [-0.3, -0.25) is 4.79 Å². The molecule has 0 atom stereocenters. The summed E-state index contributed by atoms with van der Waals surface area (Å²) in [6, 6.07) is 20.7. The summed E-state index contributed by atoms with van der Waals surface area (Å²) in [6.45, 7) is 4.58. The lowest BCUT2D eigenvalue weighted by molar-refractivity contribution is 0.104. The molecule has 0 aromatic heterocycles. The van der Waals surface area contributed by atoms with Gasteiger partial charge in [0, 0.05) is 5.69 Å². The zero-order valence-electron chi connectivity index (χ0n) is 26.5. The van der Waals surface area contributed by atoms with Crippen LogP contribution in [-0.2, 0) is 0 Å². The quantitative estimate of drug-likeness (QED) is 0.244. The molecular formula is C40H48N2O2. The number of carbonyl (C=O) groups is 1. The molecule has 0 heterocycles. The Kier molecular flexibility index (Phi) is 9.64. The number of ketones is 1. The first-order valence-corrected chi connectivity index (χ1v) is 17.2. The number of phenols is 1. The largest absolute Gasteiger partial charge is 0.507 e. The minimum absolute atomic E-state index is 0.0662. The molecule has 0 bridgehead atoms. The van der Waals surface area contributed by atoms with Crippen LogP contribution < -0.4 is 5.32 Å². The van der Waals surface area contributed by atoms with E-state index in [1.165, 1.54) is 88.2 Å². The van der Waals surface area contributed by atoms with Crippen molar-refractivity contribution in [1.82, 2.24) is 0 Å². The molecule has 44 heavy (non-hydrogen) atoms. The SMILES string of the molecule is CCCC1CCC(c2ccc(N=C3C=CC(=O)c4c(Nc5ccc(C6CCC(CCC)CC6)cc5)ccc(O)c43)cc2)CC1. The molecule has 0 radical (unpaired) electrons. The Bertz CT molecular complexity index is 1490. The number of hydrogen-bond donors (Lipinski definition) is 2. The number of anilines is 2. The minimum atomic E-state index is -0.133. The molecule has 4 nitrogen and oxygen atoms in total. The summed E-state index contributed by atoms with van der Waals surface area (Å²) in [4.78, 5) is 18.1. The third-order valence-corrected chi connectivity index (χ3v) is 10.4. The fraction of sp³-hybridized carbons (Fsp3) is 0.450. The van der Waals surface area contributed by atoms with E-state index in [2.05, 4.69) is 67.7 Å². The van der Waals surface area contributed by atoms with E-state index < -0.39 is 0 Å². The second kappa shape index (κ2) is 14.0. The predicted molar refractivity (Wildman–Crippen MR) is 183 cm³/mol. The minimum Gasteiger partial charge on any atom is -0.507 e. The monoisotopic (exact) mass is 588 g/mol.